The molecule has 5 nitrogen and oxygen atoms in total. The molecule has 15 rings (SSSR count). The van der Waals surface area contributed by atoms with Crippen LogP contribution in [0.4, 0.5) is 28.4 Å². The number of nitrogens with one attached hydrogen (secondary N) is 1. The van der Waals surface area contributed by atoms with E-state index in [1.54, 1.807) is 0 Å². The number of nitrogens with zero attached hydrogens (tertiary/aromatic N) is 1. The van der Waals surface area contributed by atoms with E-state index in [9.17, 15) is 0 Å². The molecule has 1 N–H and O–H groups in total. The average Bonchev–Trinajstić information content (AvgIpc) is 4.23. The summed E-state index contributed by atoms with van der Waals surface area (Å²) < 4.78 is 21.6. The Balaban J connectivity index is 1.11. The Morgan fingerprint density at radius 2 is 0.868 bits per heavy atom. The molecule has 1 spiro atoms. The quantitative estimate of drug-likeness (QED) is 0.186. The molecule has 0 fully saturated rings. The molecule has 0 radical (unpaired) electrons. The van der Waals surface area contributed by atoms with E-state index in [1.165, 1.54) is 33.4 Å². The first kappa shape index (κ1) is 44.4. The average molecular weight is 983 g/mol. The standard InChI is InChI=1S/C71H54N2O3/c1-69(2,3)42-30-34-44(35-31-42)72-58-40-56-50(67-64(58)52-21-10-15-28-62(52)75-67)38-39-51-57(71(56)54-24-12-7-18-46(54)47-19-8-13-25-55(47)71)41-60(65-53-22-11-16-29-63(53)76-68(51)65)73(45-36-32-43(33-37-45)70(4,5)6)59-26-17-23-49-48-20-9-14-27-61(48)74-66(49)59/h7-41,72H,1-6H3. The summed E-state index contributed by atoms with van der Waals surface area (Å²) in [6.07, 6.45) is 4.60. The van der Waals surface area contributed by atoms with Crippen molar-refractivity contribution in [1.82, 2.24) is 0 Å². The molecular formula is C71H54N2O3. The molecule has 0 unspecified atom stereocenters. The summed E-state index contributed by atoms with van der Waals surface area (Å²) in [4.78, 5) is 2.42. The van der Waals surface area contributed by atoms with Gasteiger partial charge in [0, 0.05) is 44.0 Å². The fourth-order valence-corrected chi connectivity index (χ4v) is 12.8. The lowest BCUT2D eigenvalue weighted by atomic mass is 9.65. The van der Waals surface area contributed by atoms with Crippen LogP contribution in [0.2, 0.25) is 0 Å². The minimum absolute atomic E-state index is 0.0140. The van der Waals surface area contributed by atoms with Crippen molar-refractivity contribution < 1.29 is 13.3 Å². The second kappa shape index (κ2) is 16.0. The SMILES string of the molecule is CC(C)(C)c1ccc(Nc2cc3c(c4oc5ccccc5c24)C=Cc2c(cc(N(c4ccc(C(C)(C)C)cc4)c4cccc5c4oc4ccccc45)c4c2oc2ccccc24)C32c3ccccc3-c3ccccc32)cc1. The highest BCUT2D eigenvalue weighted by molar-refractivity contribution is 6.20. The van der Waals surface area contributed by atoms with Crippen molar-refractivity contribution in [3.63, 3.8) is 0 Å². The molecule has 0 atom stereocenters. The number of rotatable bonds is 5. The summed E-state index contributed by atoms with van der Waals surface area (Å²) in [6.45, 7) is 13.6. The zero-order valence-electron chi connectivity index (χ0n) is 43.4. The van der Waals surface area contributed by atoms with Crippen LogP contribution in [-0.2, 0) is 16.2 Å². The lowest BCUT2D eigenvalue weighted by molar-refractivity contribution is 0.590. The summed E-state index contributed by atoms with van der Waals surface area (Å²) in [7, 11) is 0. The van der Waals surface area contributed by atoms with Gasteiger partial charge in [0.05, 0.1) is 33.2 Å². The van der Waals surface area contributed by atoms with Crippen molar-refractivity contribution in [2.24, 2.45) is 0 Å². The first-order valence-electron chi connectivity index (χ1n) is 26.5. The van der Waals surface area contributed by atoms with Gasteiger partial charge >= 0.3 is 0 Å². The third-order valence-electron chi connectivity index (χ3n) is 16.4. The van der Waals surface area contributed by atoms with Crippen molar-refractivity contribution in [2.75, 3.05) is 10.2 Å². The van der Waals surface area contributed by atoms with Crippen molar-refractivity contribution in [3.8, 4) is 11.1 Å². The number of hydrogen-bond acceptors (Lipinski definition) is 5. The lowest BCUT2D eigenvalue weighted by Crippen LogP contribution is -2.30. The van der Waals surface area contributed by atoms with Crippen molar-refractivity contribution in [1.29, 1.82) is 0 Å². The maximum absolute atomic E-state index is 7.38. The normalized spacial score (nSPS) is 13.7. The van der Waals surface area contributed by atoms with Crippen LogP contribution >= 0.6 is 0 Å². The topological polar surface area (TPSA) is 54.7 Å². The molecule has 366 valence electrons. The first-order chi connectivity index (χ1) is 36.9. The molecule has 0 bridgehead atoms. The van der Waals surface area contributed by atoms with Crippen LogP contribution in [0.1, 0.15) is 86.1 Å². The molecule has 2 aliphatic rings. The Morgan fingerprint density at radius 1 is 0.395 bits per heavy atom. The van der Waals surface area contributed by atoms with Crippen LogP contribution in [0.5, 0.6) is 0 Å². The summed E-state index contributed by atoms with van der Waals surface area (Å²) >= 11 is 0. The first-order valence-corrected chi connectivity index (χ1v) is 26.5. The minimum Gasteiger partial charge on any atom is -0.455 e. The van der Waals surface area contributed by atoms with E-state index in [1.807, 2.05) is 6.07 Å². The van der Waals surface area contributed by atoms with Crippen LogP contribution in [0.3, 0.4) is 0 Å². The van der Waals surface area contributed by atoms with Crippen LogP contribution < -0.4 is 10.2 Å². The predicted molar refractivity (Wildman–Crippen MR) is 316 cm³/mol. The summed E-state index contributed by atoms with van der Waals surface area (Å²) in [5.41, 5.74) is 20.5. The zero-order valence-corrected chi connectivity index (χ0v) is 43.4. The van der Waals surface area contributed by atoms with Gasteiger partial charge in [0.1, 0.15) is 27.9 Å². The Bertz CT molecular complexity index is 4520. The van der Waals surface area contributed by atoms with E-state index < -0.39 is 5.41 Å². The summed E-state index contributed by atoms with van der Waals surface area (Å²) in [5.74, 6) is 0. The number of anilines is 5. The fraction of sp³-hybridized carbons (Fsp3) is 0.127. The van der Waals surface area contributed by atoms with Crippen molar-refractivity contribution >= 4 is 106 Å². The van der Waals surface area contributed by atoms with Gasteiger partial charge in [-0.1, -0.05) is 193 Å². The number of fused-ring (bicyclic) bond motifs is 20. The second-order valence-electron chi connectivity index (χ2n) is 22.9. The predicted octanol–water partition coefficient (Wildman–Crippen LogP) is 20.0. The maximum atomic E-state index is 7.38. The highest BCUT2D eigenvalue weighted by atomic mass is 16.3. The summed E-state index contributed by atoms with van der Waals surface area (Å²) in [5, 5.41) is 10.3. The Kier molecular flexibility index (Phi) is 9.34. The van der Waals surface area contributed by atoms with Gasteiger partial charge < -0.3 is 23.5 Å². The Hall–Kier alpha value is -9.06. The monoisotopic (exact) mass is 982 g/mol. The molecule has 5 heteroatoms. The molecule has 0 saturated carbocycles. The van der Waals surface area contributed by atoms with Gasteiger partial charge in [-0.2, -0.15) is 0 Å². The van der Waals surface area contributed by atoms with Gasteiger partial charge in [0.15, 0.2) is 5.58 Å². The van der Waals surface area contributed by atoms with Crippen LogP contribution in [-0.4, -0.2) is 0 Å². The van der Waals surface area contributed by atoms with Crippen LogP contribution in [0, 0.1) is 0 Å². The van der Waals surface area contributed by atoms with Gasteiger partial charge in [-0.25, -0.2) is 0 Å². The van der Waals surface area contributed by atoms with E-state index in [4.69, 9.17) is 13.3 Å². The smallest absolute Gasteiger partial charge is 0.159 e. The molecule has 10 aromatic carbocycles. The number of hydrogen-bond donors (Lipinski definition) is 1. The minimum atomic E-state index is -0.893. The molecule has 3 aromatic heterocycles. The molecule has 0 aliphatic heterocycles. The van der Waals surface area contributed by atoms with E-state index in [-0.39, 0.29) is 10.8 Å². The van der Waals surface area contributed by atoms with E-state index in [2.05, 4.69) is 258 Å². The zero-order chi connectivity index (χ0) is 51.2. The Morgan fingerprint density at radius 3 is 1.47 bits per heavy atom. The van der Waals surface area contributed by atoms with Gasteiger partial charge in [0.25, 0.3) is 0 Å². The molecular weight excluding hydrogens is 929 g/mol. The van der Waals surface area contributed by atoms with Crippen LogP contribution in [0.25, 0.3) is 89.1 Å². The van der Waals surface area contributed by atoms with E-state index >= 15 is 0 Å². The molecule has 76 heavy (non-hydrogen) atoms. The largest absolute Gasteiger partial charge is 0.455 e. The van der Waals surface area contributed by atoms with Crippen molar-refractivity contribution in [2.45, 2.75) is 57.8 Å². The molecule has 13 aromatic rings. The maximum Gasteiger partial charge on any atom is 0.159 e. The van der Waals surface area contributed by atoms with Gasteiger partial charge in [-0.05, 0) is 116 Å². The van der Waals surface area contributed by atoms with E-state index in [0.717, 1.165) is 117 Å². The second-order valence-corrected chi connectivity index (χ2v) is 22.9. The highest BCUT2D eigenvalue weighted by Gasteiger charge is 2.50. The molecule has 2 aliphatic carbocycles. The molecule has 0 saturated heterocycles. The third kappa shape index (κ3) is 6.32. The Labute approximate surface area is 441 Å². The van der Waals surface area contributed by atoms with Crippen LogP contribution in [0.15, 0.2) is 213 Å². The van der Waals surface area contributed by atoms with Gasteiger partial charge in [-0.15, -0.1) is 0 Å². The number of para-hydroxylation sites is 4. The third-order valence-corrected chi connectivity index (χ3v) is 16.4. The van der Waals surface area contributed by atoms with E-state index in [0.29, 0.717) is 0 Å². The van der Waals surface area contributed by atoms with Gasteiger partial charge in [0.2, 0.25) is 0 Å². The van der Waals surface area contributed by atoms with Gasteiger partial charge in [-0.3, -0.25) is 0 Å². The highest BCUT2D eigenvalue weighted by Crippen LogP contribution is 2.62. The molecule has 0 amide bonds. The number of furan rings is 3. The summed E-state index contributed by atoms with van der Waals surface area (Å²) in [6, 6.07) is 72.8. The lowest BCUT2D eigenvalue weighted by Gasteiger charge is -2.37. The number of benzene rings is 10. The fourth-order valence-electron chi connectivity index (χ4n) is 12.8. The van der Waals surface area contributed by atoms with Crippen molar-refractivity contribution in [3.05, 3.63) is 245 Å². The molecule has 3 heterocycles.